The van der Waals surface area contributed by atoms with E-state index >= 15 is 0 Å². The largest absolute Gasteiger partial charge is 0.447 e. The quantitative estimate of drug-likeness (QED) is 0.820. The van der Waals surface area contributed by atoms with Crippen LogP contribution in [0.25, 0.3) is 0 Å². The molecule has 1 aromatic heterocycles. The fourth-order valence-corrected chi connectivity index (χ4v) is 2.31. The number of aldehydes is 1. The van der Waals surface area contributed by atoms with Crippen molar-refractivity contribution in [3.05, 3.63) is 47.7 Å². The van der Waals surface area contributed by atoms with Crippen LogP contribution in [0.2, 0.25) is 0 Å². The topological polar surface area (TPSA) is 84.4 Å². The Morgan fingerprint density at radius 1 is 1.27 bits per heavy atom. The summed E-state index contributed by atoms with van der Waals surface area (Å²) in [5.41, 5.74) is 1.64. The van der Waals surface area contributed by atoms with Crippen molar-refractivity contribution < 1.29 is 14.3 Å². The normalized spacial score (nSPS) is 14.1. The monoisotopic (exact) mass is 356 g/mol. The number of ether oxygens (including phenoxy) is 1. The van der Waals surface area contributed by atoms with E-state index in [2.05, 4.69) is 29.1 Å². The maximum atomic E-state index is 11.6. The van der Waals surface area contributed by atoms with Crippen LogP contribution in [0.5, 0.6) is 0 Å². The Bertz CT molecular complexity index is 734. The van der Waals surface area contributed by atoms with E-state index < -0.39 is 6.09 Å². The summed E-state index contributed by atoms with van der Waals surface area (Å²) in [5.74, 6) is 0.933. The van der Waals surface area contributed by atoms with Gasteiger partial charge in [0.1, 0.15) is 18.7 Å². The van der Waals surface area contributed by atoms with Gasteiger partial charge in [0.2, 0.25) is 5.95 Å². The molecular weight excluding hydrogens is 332 g/mol. The van der Waals surface area contributed by atoms with Crippen molar-refractivity contribution in [3.63, 3.8) is 0 Å². The maximum absolute atomic E-state index is 11.6. The number of aromatic nitrogens is 2. The molecule has 1 aliphatic rings. The first-order valence-electron chi connectivity index (χ1n) is 8.68. The molecule has 0 bridgehead atoms. The molecule has 7 nitrogen and oxygen atoms in total. The third-order valence-corrected chi connectivity index (χ3v) is 3.60. The van der Waals surface area contributed by atoms with E-state index in [0.29, 0.717) is 30.5 Å². The summed E-state index contributed by atoms with van der Waals surface area (Å²) in [6.07, 6.45) is 3.26. The molecule has 3 rings (SSSR count). The molecule has 1 saturated heterocycles. The molecule has 1 amide bonds. The van der Waals surface area contributed by atoms with E-state index in [1.165, 1.54) is 11.3 Å². The fourth-order valence-electron chi connectivity index (χ4n) is 2.31. The van der Waals surface area contributed by atoms with Gasteiger partial charge in [-0.3, -0.25) is 9.69 Å². The highest BCUT2D eigenvalue weighted by Gasteiger charge is 2.25. The summed E-state index contributed by atoms with van der Waals surface area (Å²) in [6.45, 7) is 7.07. The highest BCUT2D eigenvalue weighted by atomic mass is 16.6. The van der Waals surface area contributed by atoms with Crippen molar-refractivity contribution in [1.82, 2.24) is 9.97 Å². The Labute approximate surface area is 153 Å². The van der Waals surface area contributed by atoms with Gasteiger partial charge in [-0.25, -0.2) is 9.78 Å². The molecule has 1 aliphatic heterocycles. The van der Waals surface area contributed by atoms with E-state index in [1.807, 2.05) is 19.1 Å². The van der Waals surface area contributed by atoms with Gasteiger partial charge in [0.15, 0.2) is 0 Å². The Morgan fingerprint density at radius 3 is 2.54 bits per heavy atom. The molecule has 0 spiro atoms. The first kappa shape index (κ1) is 19.4. The van der Waals surface area contributed by atoms with E-state index in [4.69, 9.17) is 4.74 Å². The van der Waals surface area contributed by atoms with Crippen molar-refractivity contribution in [2.24, 2.45) is 0 Å². The zero-order valence-electron chi connectivity index (χ0n) is 15.3. The van der Waals surface area contributed by atoms with Crippen LogP contribution < -0.4 is 10.2 Å². The zero-order chi connectivity index (χ0) is 18.9. The Hall–Kier alpha value is -2.96. The molecule has 1 aromatic carbocycles. The summed E-state index contributed by atoms with van der Waals surface area (Å²) >= 11 is 0. The Morgan fingerprint density at radius 2 is 1.96 bits per heavy atom. The van der Waals surface area contributed by atoms with Crippen molar-refractivity contribution in [1.29, 1.82) is 0 Å². The van der Waals surface area contributed by atoms with Gasteiger partial charge in [0.05, 0.1) is 12.6 Å². The highest BCUT2D eigenvalue weighted by Crippen LogP contribution is 2.20. The van der Waals surface area contributed by atoms with Gasteiger partial charge >= 0.3 is 6.09 Å². The molecule has 2 aromatic rings. The molecule has 1 atom stereocenters. The number of hydrogen-bond donors (Lipinski definition) is 1. The van der Waals surface area contributed by atoms with Crippen LogP contribution in [0.15, 0.2) is 36.5 Å². The second kappa shape index (κ2) is 9.50. The van der Waals surface area contributed by atoms with Gasteiger partial charge in [-0.05, 0) is 18.6 Å². The molecular formula is C19H24N4O3. The molecule has 138 valence electrons. The minimum absolute atomic E-state index is 0.0449. The number of anilines is 2. The predicted octanol–water partition coefficient (Wildman–Crippen LogP) is 3.84. The second-order valence-corrected chi connectivity index (χ2v) is 5.86. The molecule has 7 heteroatoms. The number of cyclic esters (lactones) is 1. The highest BCUT2D eigenvalue weighted by molar-refractivity contribution is 5.88. The van der Waals surface area contributed by atoms with Gasteiger partial charge in [-0.15, -0.1) is 0 Å². The molecule has 1 N–H and O–H groups in total. The Balaban J connectivity index is 0.000000758. The summed E-state index contributed by atoms with van der Waals surface area (Å²) in [6, 6.07) is 8.90. The van der Waals surface area contributed by atoms with Crippen LogP contribution in [0.4, 0.5) is 16.6 Å². The lowest BCUT2D eigenvalue weighted by Crippen LogP contribution is -2.25. The minimum Gasteiger partial charge on any atom is -0.447 e. The number of amides is 1. The lowest BCUT2D eigenvalue weighted by Gasteiger charge is -2.16. The van der Waals surface area contributed by atoms with Crippen LogP contribution in [0.1, 0.15) is 49.2 Å². The summed E-state index contributed by atoms with van der Waals surface area (Å²) < 4.78 is 4.91. The molecule has 0 radical (unpaired) electrons. The van der Waals surface area contributed by atoms with Gasteiger partial charge in [0.25, 0.3) is 0 Å². The first-order chi connectivity index (χ1) is 12.6. The maximum Gasteiger partial charge on any atom is 0.415 e. The van der Waals surface area contributed by atoms with E-state index in [-0.39, 0.29) is 6.04 Å². The Kier molecular flexibility index (Phi) is 7.08. The van der Waals surface area contributed by atoms with Gasteiger partial charge in [-0.2, -0.15) is 4.98 Å². The number of hydrogen-bond acceptors (Lipinski definition) is 6. The van der Waals surface area contributed by atoms with E-state index in [0.717, 1.165) is 11.8 Å². The molecule has 2 heterocycles. The lowest BCUT2D eigenvalue weighted by molar-refractivity contribution is 0.112. The number of rotatable bonds is 5. The molecule has 0 saturated carbocycles. The van der Waals surface area contributed by atoms with Crippen molar-refractivity contribution >= 4 is 24.1 Å². The van der Waals surface area contributed by atoms with Gasteiger partial charge in [0, 0.05) is 11.8 Å². The van der Waals surface area contributed by atoms with Crippen molar-refractivity contribution in [2.75, 3.05) is 23.4 Å². The van der Waals surface area contributed by atoms with Gasteiger partial charge < -0.3 is 10.1 Å². The third-order valence-electron chi connectivity index (χ3n) is 3.60. The summed E-state index contributed by atoms with van der Waals surface area (Å²) in [7, 11) is 0. The van der Waals surface area contributed by atoms with E-state index in [9.17, 15) is 9.59 Å². The number of nitrogens with zero attached hydrogens (tertiary/aromatic N) is 3. The third kappa shape index (κ3) is 5.02. The summed E-state index contributed by atoms with van der Waals surface area (Å²) in [5, 5.41) is 3.18. The van der Waals surface area contributed by atoms with Crippen LogP contribution in [-0.2, 0) is 4.74 Å². The molecule has 26 heavy (non-hydrogen) atoms. The summed E-state index contributed by atoms with van der Waals surface area (Å²) in [4.78, 5) is 32.3. The molecule has 0 aliphatic carbocycles. The van der Waals surface area contributed by atoms with Crippen LogP contribution in [-0.4, -0.2) is 35.5 Å². The van der Waals surface area contributed by atoms with Crippen molar-refractivity contribution in [2.45, 2.75) is 33.2 Å². The number of nitrogens with one attached hydrogen (secondary N) is 1. The van der Waals surface area contributed by atoms with Crippen LogP contribution in [0.3, 0.4) is 0 Å². The molecule has 1 unspecified atom stereocenters. The van der Waals surface area contributed by atoms with Crippen molar-refractivity contribution in [3.8, 4) is 0 Å². The van der Waals surface area contributed by atoms with Crippen LogP contribution in [0, 0.1) is 0 Å². The SMILES string of the molecule is CC(Nc1nccc(N2CCOC2=O)n1)c1ccc(C=O)cc1.CCC. The lowest BCUT2D eigenvalue weighted by atomic mass is 10.1. The minimum atomic E-state index is -0.396. The number of carbonyl (C=O) groups is 2. The fraction of sp³-hybridized carbons (Fsp3) is 0.368. The smallest absolute Gasteiger partial charge is 0.415 e. The van der Waals surface area contributed by atoms with Crippen LogP contribution >= 0.6 is 0 Å². The second-order valence-electron chi connectivity index (χ2n) is 5.86. The molecule has 1 fully saturated rings. The first-order valence-corrected chi connectivity index (χ1v) is 8.68. The standard InChI is InChI=1S/C16H16N4O3.C3H8/c1-11(13-4-2-12(10-21)3-5-13)18-15-17-7-6-14(19-15)20-8-9-23-16(20)22;1-3-2/h2-7,10-11H,8-9H2,1H3,(H,17,18,19);3H2,1-2H3. The average molecular weight is 356 g/mol. The zero-order valence-corrected chi connectivity index (χ0v) is 15.3. The average Bonchev–Trinajstić information content (AvgIpc) is 3.08. The van der Waals surface area contributed by atoms with E-state index in [1.54, 1.807) is 24.4 Å². The number of carbonyl (C=O) groups excluding carboxylic acids is 2. The number of benzene rings is 1. The predicted molar refractivity (Wildman–Crippen MR) is 101 cm³/mol. The van der Waals surface area contributed by atoms with Gasteiger partial charge in [-0.1, -0.05) is 44.5 Å².